The number of carbonyl (C=O) groups excluding carboxylic acids is 1. The van der Waals surface area contributed by atoms with Crippen molar-refractivity contribution in [1.29, 1.82) is 0 Å². The van der Waals surface area contributed by atoms with Crippen molar-refractivity contribution in [2.45, 2.75) is 89.4 Å². The molecule has 2 aliphatic heterocycles. The predicted octanol–water partition coefficient (Wildman–Crippen LogP) is 2.90. The Morgan fingerprint density at radius 1 is 1.33 bits per heavy atom. The Morgan fingerprint density at radius 2 is 2.00 bits per heavy atom. The highest BCUT2D eigenvalue weighted by Gasteiger charge is 2.72. The highest BCUT2D eigenvalue weighted by atomic mass is 16.6. The van der Waals surface area contributed by atoms with E-state index in [0.29, 0.717) is 13.0 Å². The minimum absolute atomic E-state index is 0.0704. The smallest absolute Gasteiger partial charge is 0.408 e. The van der Waals surface area contributed by atoms with Crippen LogP contribution in [0.5, 0.6) is 0 Å². The van der Waals surface area contributed by atoms with Gasteiger partial charge in [0, 0.05) is 7.11 Å². The van der Waals surface area contributed by atoms with E-state index < -0.39 is 35.9 Å². The first-order chi connectivity index (χ1) is 14.0. The number of amides is 1. The van der Waals surface area contributed by atoms with Gasteiger partial charge in [-0.1, -0.05) is 25.5 Å². The van der Waals surface area contributed by atoms with Crippen molar-refractivity contribution < 1.29 is 33.6 Å². The lowest BCUT2D eigenvalue weighted by Gasteiger charge is -2.42. The summed E-state index contributed by atoms with van der Waals surface area (Å²) in [5, 5.41) is 11.8. The molecule has 0 bridgehead atoms. The predicted molar refractivity (Wildman–Crippen MR) is 109 cm³/mol. The third-order valence-corrected chi connectivity index (χ3v) is 6.70. The van der Waals surface area contributed by atoms with Gasteiger partial charge in [-0.15, -0.1) is 0 Å². The molecule has 3 fully saturated rings. The van der Waals surface area contributed by atoms with Gasteiger partial charge in [-0.25, -0.2) is 9.59 Å². The number of carboxylic acid groups (broad SMARTS) is 1. The molecule has 8 heteroatoms. The number of alkyl carbamates (subject to hydrolysis) is 1. The van der Waals surface area contributed by atoms with Crippen molar-refractivity contribution in [3.05, 3.63) is 11.6 Å². The number of allylic oxidation sites excluding steroid dienone is 1. The highest BCUT2D eigenvalue weighted by molar-refractivity contribution is 5.80. The summed E-state index contributed by atoms with van der Waals surface area (Å²) in [6.07, 6.45) is 2.77. The summed E-state index contributed by atoms with van der Waals surface area (Å²) >= 11 is 0. The number of aliphatic carboxylic acids is 1. The molecule has 2 saturated heterocycles. The van der Waals surface area contributed by atoms with Crippen LogP contribution in [0.3, 0.4) is 0 Å². The second kappa shape index (κ2) is 8.48. The lowest BCUT2D eigenvalue weighted by atomic mass is 9.68. The Morgan fingerprint density at radius 3 is 2.50 bits per heavy atom. The van der Waals surface area contributed by atoms with E-state index in [4.69, 9.17) is 18.9 Å². The number of methoxy groups -OCH3 is 1. The molecule has 30 heavy (non-hydrogen) atoms. The van der Waals surface area contributed by atoms with Crippen LogP contribution >= 0.6 is 0 Å². The van der Waals surface area contributed by atoms with Gasteiger partial charge in [-0.2, -0.15) is 0 Å². The van der Waals surface area contributed by atoms with Crippen molar-refractivity contribution in [3.63, 3.8) is 0 Å². The topological polar surface area (TPSA) is 110 Å². The molecule has 1 amide bonds. The molecule has 3 rings (SSSR count). The van der Waals surface area contributed by atoms with Gasteiger partial charge >= 0.3 is 12.1 Å². The molecule has 0 aromatic carbocycles. The molecular weight excluding hydrogens is 390 g/mol. The van der Waals surface area contributed by atoms with Crippen molar-refractivity contribution in [3.8, 4) is 0 Å². The van der Waals surface area contributed by atoms with Gasteiger partial charge in [0.1, 0.15) is 29.5 Å². The van der Waals surface area contributed by atoms with Crippen LogP contribution in [-0.4, -0.2) is 66.4 Å². The maximum atomic E-state index is 12.5. The van der Waals surface area contributed by atoms with Crippen LogP contribution in [0, 0.1) is 11.8 Å². The van der Waals surface area contributed by atoms with E-state index in [1.807, 2.05) is 0 Å². The molecule has 1 spiro atoms. The fraction of sp³-hybridized carbons (Fsp3) is 0.818. The summed E-state index contributed by atoms with van der Waals surface area (Å²) in [6.45, 7) is 10.3. The molecular formula is C22H35NO7. The Hall–Kier alpha value is -1.64. The third-order valence-electron chi connectivity index (χ3n) is 6.70. The van der Waals surface area contributed by atoms with Crippen molar-refractivity contribution in [1.82, 2.24) is 5.32 Å². The lowest BCUT2D eigenvalue weighted by Crippen LogP contribution is -2.56. The second-order valence-corrected chi connectivity index (χ2v) is 9.53. The Labute approximate surface area is 178 Å². The second-order valence-electron chi connectivity index (χ2n) is 9.53. The molecule has 0 radical (unpaired) electrons. The van der Waals surface area contributed by atoms with Crippen molar-refractivity contribution >= 4 is 12.1 Å². The van der Waals surface area contributed by atoms with E-state index in [2.05, 4.69) is 32.2 Å². The Kier molecular flexibility index (Phi) is 6.51. The van der Waals surface area contributed by atoms with E-state index in [9.17, 15) is 14.7 Å². The fourth-order valence-corrected chi connectivity index (χ4v) is 4.88. The normalized spacial score (nSPS) is 38.1. The molecule has 1 aliphatic carbocycles. The maximum Gasteiger partial charge on any atom is 0.408 e. The van der Waals surface area contributed by atoms with E-state index >= 15 is 0 Å². The first-order valence-electron chi connectivity index (χ1n) is 10.7. The van der Waals surface area contributed by atoms with E-state index in [1.165, 1.54) is 5.57 Å². The van der Waals surface area contributed by atoms with Crippen LogP contribution in [0.25, 0.3) is 0 Å². The average Bonchev–Trinajstić information content (AvgIpc) is 3.56. The first kappa shape index (κ1) is 23.0. The number of carbonyl (C=O) groups is 2. The fourth-order valence-electron chi connectivity index (χ4n) is 4.88. The molecule has 170 valence electrons. The standard InChI is InChI=1S/C22H35NO7/c1-12(2)7-8-15-21(5,30-15)18-17(27-6)14(9-10-22(18)11-28-22)29-20(26)23-16(13(3)4)19(24)25/h7,13-18H,8-11H2,1-6H3,(H,23,26)(H,24,25). The summed E-state index contributed by atoms with van der Waals surface area (Å²) in [7, 11) is 1.61. The largest absolute Gasteiger partial charge is 0.480 e. The number of carboxylic acids is 1. The zero-order valence-corrected chi connectivity index (χ0v) is 18.8. The summed E-state index contributed by atoms with van der Waals surface area (Å²) in [5.74, 6) is -1.42. The lowest BCUT2D eigenvalue weighted by molar-refractivity contribution is -0.141. The molecule has 8 nitrogen and oxygen atoms in total. The van der Waals surface area contributed by atoms with Crippen LogP contribution in [0.1, 0.15) is 53.9 Å². The zero-order valence-electron chi connectivity index (χ0n) is 18.8. The van der Waals surface area contributed by atoms with E-state index in [0.717, 1.165) is 12.8 Å². The summed E-state index contributed by atoms with van der Waals surface area (Å²) in [5.41, 5.74) is 0.532. The number of ether oxygens (including phenoxy) is 4. The quantitative estimate of drug-likeness (QED) is 0.454. The highest BCUT2D eigenvalue weighted by Crippen LogP contribution is 2.59. The molecule has 0 aromatic heterocycles. The molecule has 7 atom stereocenters. The summed E-state index contributed by atoms with van der Waals surface area (Å²) in [4.78, 5) is 23.8. The van der Waals surface area contributed by atoms with Crippen LogP contribution in [-0.2, 0) is 23.7 Å². The average molecular weight is 426 g/mol. The van der Waals surface area contributed by atoms with Crippen LogP contribution in [0.15, 0.2) is 11.6 Å². The molecule has 1 saturated carbocycles. The number of hydrogen-bond donors (Lipinski definition) is 2. The molecule has 2 N–H and O–H groups in total. The first-order valence-corrected chi connectivity index (χ1v) is 10.7. The van der Waals surface area contributed by atoms with Gasteiger partial charge in [-0.05, 0) is 46.0 Å². The SMILES string of the molecule is COC1C(OC(=O)NC(C(=O)O)C(C)C)CCC2(CO2)C1C1(C)OC1CC=C(C)C. The summed E-state index contributed by atoms with van der Waals surface area (Å²) < 4.78 is 23.5. The maximum absolute atomic E-state index is 12.5. The van der Waals surface area contributed by atoms with Crippen molar-refractivity contribution in [2.24, 2.45) is 11.8 Å². The van der Waals surface area contributed by atoms with Crippen LogP contribution in [0.2, 0.25) is 0 Å². The zero-order chi connectivity index (χ0) is 22.3. The molecule has 7 unspecified atom stereocenters. The van der Waals surface area contributed by atoms with Gasteiger partial charge in [0.15, 0.2) is 0 Å². The Bertz CT molecular complexity index is 698. The minimum Gasteiger partial charge on any atom is -0.480 e. The van der Waals surface area contributed by atoms with E-state index in [-0.39, 0.29) is 23.5 Å². The van der Waals surface area contributed by atoms with Crippen molar-refractivity contribution in [2.75, 3.05) is 13.7 Å². The Balaban J connectivity index is 1.71. The van der Waals surface area contributed by atoms with E-state index in [1.54, 1.807) is 21.0 Å². The minimum atomic E-state index is -1.09. The van der Waals surface area contributed by atoms with Gasteiger partial charge in [-0.3, -0.25) is 0 Å². The van der Waals surface area contributed by atoms with Gasteiger partial charge in [0.25, 0.3) is 0 Å². The van der Waals surface area contributed by atoms with Crippen LogP contribution in [0.4, 0.5) is 4.79 Å². The van der Waals surface area contributed by atoms with Gasteiger partial charge in [0.05, 0.1) is 18.6 Å². The molecule has 3 aliphatic rings. The van der Waals surface area contributed by atoms with Gasteiger partial charge in [0.2, 0.25) is 0 Å². The summed E-state index contributed by atoms with van der Waals surface area (Å²) in [6, 6.07) is -1.01. The number of hydrogen-bond acceptors (Lipinski definition) is 6. The number of nitrogens with one attached hydrogen (secondary N) is 1. The van der Waals surface area contributed by atoms with Gasteiger partial charge < -0.3 is 29.4 Å². The number of rotatable bonds is 8. The molecule has 2 heterocycles. The third kappa shape index (κ3) is 4.50. The van der Waals surface area contributed by atoms with Crippen LogP contribution < -0.4 is 5.32 Å². The number of epoxide rings is 2. The molecule has 0 aromatic rings. The monoisotopic (exact) mass is 425 g/mol.